The molecule has 0 atom stereocenters. The Hall–Kier alpha value is -1.72. The largest absolute Gasteiger partial charge is 1.00 e. The van der Waals surface area contributed by atoms with Crippen molar-refractivity contribution in [1.29, 1.82) is 0 Å². The number of aliphatic hydroxyl groups is 1. The van der Waals surface area contributed by atoms with Crippen LogP contribution in [0.1, 0.15) is 19.4 Å². The summed E-state index contributed by atoms with van der Waals surface area (Å²) in [6.07, 6.45) is 1.10. The Bertz CT molecular complexity index is 918. The van der Waals surface area contributed by atoms with Crippen molar-refractivity contribution in [1.82, 2.24) is 0 Å². The van der Waals surface area contributed by atoms with E-state index in [9.17, 15) is 18.3 Å². The summed E-state index contributed by atoms with van der Waals surface area (Å²) >= 11 is 0. The van der Waals surface area contributed by atoms with Gasteiger partial charge in [0.15, 0.2) is 17.5 Å². The SMILES string of the molecule is CC(C)(O)c1coc(S(=O)(=O)[N-]C(=O)Nc2ccc3c(c2)OCO3)c1.[Na+]. The van der Waals surface area contributed by atoms with Gasteiger partial charge in [0, 0.05) is 11.6 Å². The van der Waals surface area contributed by atoms with Gasteiger partial charge in [-0.25, -0.2) is 8.42 Å². The van der Waals surface area contributed by atoms with Crippen LogP contribution in [-0.2, 0) is 15.6 Å². The van der Waals surface area contributed by atoms with Crippen LogP contribution in [0.25, 0.3) is 4.72 Å². The number of urea groups is 1. The van der Waals surface area contributed by atoms with Crippen LogP contribution >= 0.6 is 0 Å². The van der Waals surface area contributed by atoms with Crippen molar-refractivity contribution >= 4 is 21.7 Å². The van der Waals surface area contributed by atoms with E-state index in [2.05, 4.69) is 10.0 Å². The maximum Gasteiger partial charge on any atom is 1.00 e. The first-order valence-corrected chi connectivity index (χ1v) is 8.59. The second-order valence-electron chi connectivity index (χ2n) is 5.78. The van der Waals surface area contributed by atoms with Crippen LogP contribution in [0.15, 0.2) is 40.0 Å². The number of hydrogen-bond donors (Lipinski definition) is 2. The number of carbonyl (C=O) groups excluding carboxylic acids is 1. The van der Waals surface area contributed by atoms with Crippen LogP contribution in [0, 0.1) is 0 Å². The van der Waals surface area contributed by atoms with E-state index in [1.807, 2.05) is 0 Å². The average molecular weight is 390 g/mol. The summed E-state index contributed by atoms with van der Waals surface area (Å²) in [5.74, 6) is 0.957. The number of benzene rings is 1. The fraction of sp³-hybridized carbons (Fsp3) is 0.267. The number of carbonyl (C=O) groups is 1. The third-order valence-corrected chi connectivity index (χ3v) is 4.49. The number of sulfonamides is 1. The van der Waals surface area contributed by atoms with E-state index in [-0.39, 0.29) is 41.9 Å². The van der Waals surface area contributed by atoms with Gasteiger partial charge >= 0.3 is 29.6 Å². The van der Waals surface area contributed by atoms with Gasteiger partial charge < -0.3 is 29.0 Å². The first kappa shape index (κ1) is 20.6. The van der Waals surface area contributed by atoms with Gasteiger partial charge in [-0.1, -0.05) is 6.07 Å². The van der Waals surface area contributed by atoms with E-state index < -0.39 is 26.7 Å². The van der Waals surface area contributed by atoms with E-state index in [0.717, 1.165) is 12.3 Å². The Morgan fingerprint density at radius 1 is 1.23 bits per heavy atom. The molecule has 0 spiro atoms. The smallest absolute Gasteiger partial charge is 0.454 e. The van der Waals surface area contributed by atoms with Gasteiger partial charge in [0.2, 0.25) is 21.9 Å². The molecule has 2 amide bonds. The molecule has 0 saturated carbocycles. The molecule has 1 aliphatic heterocycles. The van der Waals surface area contributed by atoms with Crippen LogP contribution in [0.2, 0.25) is 0 Å². The monoisotopic (exact) mass is 390 g/mol. The van der Waals surface area contributed by atoms with Crippen molar-refractivity contribution in [2.75, 3.05) is 12.1 Å². The summed E-state index contributed by atoms with van der Waals surface area (Å²) in [5, 5.41) is 11.6. The molecule has 0 saturated heterocycles. The fourth-order valence-electron chi connectivity index (χ4n) is 2.05. The molecule has 134 valence electrons. The molecule has 0 unspecified atom stereocenters. The van der Waals surface area contributed by atoms with Crippen molar-refractivity contribution in [2.45, 2.75) is 24.5 Å². The third kappa shape index (κ3) is 4.51. The first-order valence-electron chi connectivity index (χ1n) is 7.15. The number of ether oxygens (including phenoxy) is 2. The van der Waals surface area contributed by atoms with Crippen LogP contribution in [0.3, 0.4) is 0 Å². The van der Waals surface area contributed by atoms with E-state index in [4.69, 9.17) is 13.9 Å². The number of rotatable bonds is 4. The van der Waals surface area contributed by atoms with Gasteiger partial charge in [-0.2, -0.15) is 0 Å². The van der Waals surface area contributed by atoms with Gasteiger partial charge in [-0.3, -0.25) is 4.79 Å². The van der Waals surface area contributed by atoms with E-state index in [1.165, 1.54) is 26.0 Å². The number of anilines is 1. The van der Waals surface area contributed by atoms with Gasteiger partial charge in [0.1, 0.15) is 0 Å². The maximum absolute atomic E-state index is 12.1. The minimum atomic E-state index is -4.35. The molecule has 9 nitrogen and oxygen atoms in total. The Labute approximate surface area is 172 Å². The number of hydrogen-bond acceptors (Lipinski definition) is 7. The van der Waals surface area contributed by atoms with Crippen LogP contribution < -0.4 is 44.3 Å². The van der Waals surface area contributed by atoms with E-state index >= 15 is 0 Å². The van der Waals surface area contributed by atoms with Crippen molar-refractivity contribution in [3.05, 3.63) is 40.8 Å². The Morgan fingerprint density at radius 3 is 2.58 bits per heavy atom. The average Bonchev–Trinajstić information content (AvgIpc) is 3.15. The molecule has 0 aliphatic carbocycles. The molecule has 2 N–H and O–H groups in total. The summed E-state index contributed by atoms with van der Waals surface area (Å²) in [5.41, 5.74) is -0.742. The molecule has 0 bridgehead atoms. The van der Waals surface area contributed by atoms with Crippen molar-refractivity contribution < 1.29 is 61.8 Å². The molecule has 2 heterocycles. The molecule has 0 radical (unpaired) electrons. The molecular formula is C15H15N2NaO7S. The van der Waals surface area contributed by atoms with Gasteiger partial charge in [0.25, 0.3) is 0 Å². The summed E-state index contributed by atoms with van der Waals surface area (Å²) < 4.78 is 42.6. The Kier molecular flexibility index (Phi) is 5.93. The molecule has 3 rings (SSSR count). The molecule has 1 aliphatic rings. The molecular weight excluding hydrogens is 375 g/mol. The van der Waals surface area contributed by atoms with E-state index in [1.54, 1.807) is 6.07 Å². The molecule has 11 heteroatoms. The Morgan fingerprint density at radius 2 is 1.92 bits per heavy atom. The summed E-state index contributed by atoms with van der Waals surface area (Å²) in [6.45, 7) is 3.02. The quantitative estimate of drug-likeness (QED) is 0.676. The fourth-order valence-corrected chi connectivity index (χ4v) is 2.85. The van der Waals surface area contributed by atoms with Gasteiger partial charge in [0.05, 0.1) is 11.9 Å². The summed E-state index contributed by atoms with van der Waals surface area (Å²) in [7, 11) is -4.35. The van der Waals surface area contributed by atoms with Crippen LogP contribution in [0.4, 0.5) is 10.5 Å². The van der Waals surface area contributed by atoms with E-state index in [0.29, 0.717) is 17.2 Å². The zero-order valence-electron chi connectivity index (χ0n) is 14.3. The zero-order valence-corrected chi connectivity index (χ0v) is 17.2. The second kappa shape index (κ2) is 7.49. The number of amides is 2. The predicted octanol–water partition coefficient (Wildman–Crippen LogP) is -0.466. The molecule has 2 aromatic rings. The number of furan rings is 1. The zero-order chi connectivity index (χ0) is 18.2. The Balaban J connectivity index is 0.00000243. The predicted molar refractivity (Wildman–Crippen MR) is 86.1 cm³/mol. The van der Waals surface area contributed by atoms with Crippen molar-refractivity contribution in [2.24, 2.45) is 0 Å². The minimum absolute atomic E-state index is 0. The molecule has 0 fully saturated rings. The molecule has 1 aromatic heterocycles. The second-order valence-corrected chi connectivity index (χ2v) is 7.31. The van der Waals surface area contributed by atoms with Crippen molar-refractivity contribution in [3.63, 3.8) is 0 Å². The van der Waals surface area contributed by atoms with Crippen LogP contribution in [0.5, 0.6) is 11.5 Å². The first-order chi connectivity index (χ1) is 11.6. The number of nitrogens with zero attached hydrogens (tertiary/aromatic N) is 1. The third-order valence-electron chi connectivity index (χ3n) is 3.36. The summed E-state index contributed by atoms with van der Waals surface area (Å²) in [6, 6.07) is 4.61. The van der Waals surface area contributed by atoms with Gasteiger partial charge in [-0.05, 0) is 31.7 Å². The number of nitrogens with one attached hydrogen (secondary N) is 1. The van der Waals surface area contributed by atoms with Crippen LogP contribution in [-0.4, -0.2) is 26.3 Å². The summed E-state index contributed by atoms with van der Waals surface area (Å²) in [4.78, 5) is 11.9. The maximum atomic E-state index is 12.1. The normalized spacial score (nSPS) is 13.0. The number of fused-ring (bicyclic) bond motifs is 1. The molecule has 26 heavy (non-hydrogen) atoms. The standard InChI is InChI=1S/C15H16N2O7S.Na/c1-15(2,19)9-5-13(22-7-9)25(20,21)17-14(18)16-10-3-4-11-12(6-10)24-8-23-11;/h3-7,19H,8H2,1-2H3,(H2,16,17,18);/q;+1/p-1. The van der Waals surface area contributed by atoms with Crippen molar-refractivity contribution in [3.8, 4) is 11.5 Å². The minimum Gasteiger partial charge on any atom is -0.454 e. The topological polar surface area (TPSA) is 129 Å². The molecule has 1 aromatic carbocycles. The van der Waals surface area contributed by atoms with Gasteiger partial charge in [-0.15, -0.1) is 0 Å².